The summed E-state index contributed by atoms with van der Waals surface area (Å²) < 4.78 is 27.4. The third-order valence-corrected chi connectivity index (χ3v) is 5.75. The predicted molar refractivity (Wildman–Crippen MR) is 88.5 cm³/mol. The average Bonchev–Trinajstić information content (AvgIpc) is 2.46. The van der Waals surface area contributed by atoms with E-state index in [1.54, 1.807) is 16.4 Å². The summed E-state index contributed by atoms with van der Waals surface area (Å²) >= 11 is 0. The van der Waals surface area contributed by atoms with Crippen LogP contribution in [0, 0.1) is 6.92 Å². The van der Waals surface area contributed by atoms with Crippen molar-refractivity contribution in [2.45, 2.75) is 44.0 Å². The average molecular weight is 333 g/mol. The highest BCUT2D eigenvalue weighted by atomic mass is 35.5. The maximum absolute atomic E-state index is 12.8. The molecule has 1 aliphatic heterocycles. The molecule has 1 aromatic carbocycles. The smallest absolute Gasteiger partial charge is 0.243 e. The Labute approximate surface area is 134 Å². The van der Waals surface area contributed by atoms with E-state index in [2.05, 4.69) is 5.32 Å². The third-order valence-electron chi connectivity index (χ3n) is 3.79. The summed E-state index contributed by atoms with van der Waals surface area (Å²) in [4.78, 5) is 0.412. The lowest BCUT2D eigenvalue weighted by atomic mass is 10.1. The quantitative estimate of drug-likeness (QED) is 0.901. The molecule has 1 heterocycles. The molecule has 0 aliphatic carbocycles. The van der Waals surface area contributed by atoms with Gasteiger partial charge >= 0.3 is 0 Å². The fraction of sp³-hybridized carbons (Fsp3) is 0.600. The van der Waals surface area contributed by atoms with Crippen molar-refractivity contribution >= 4 is 22.4 Å². The Hall–Kier alpha value is -0.620. The van der Waals surface area contributed by atoms with E-state index < -0.39 is 10.0 Å². The first kappa shape index (κ1) is 18.4. The van der Waals surface area contributed by atoms with Gasteiger partial charge < -0.3 is 5.32 Å². The van der Waals surface area contributed by atoms with Crippen LogP contribution in [-0.4, -0.2) is 38.4 Å². The molecule has 4 nitrogen and oxygen atoms in total. The molecule has 1 saturated heterocycles. The van der Waals surface area contributed by atoms with E-state index in [1.807, 2.05) is 26.0 Å². The lowest BCUT2D eigenvalue weighted by Gasteiger charge is -2.33. The monoisotopic (exact) mass is 332 g/mol. The van der Waals surface area contributed by atoms with Crippen LogP contribution in [0.3, 0.4) is 0 Å². The van der Waals surface area contributed by atoms with Crippen molar-refractivity contribution in [1.29, 1.82) is 0 Å². The summed E-state index contributed by atoms with van der Waals surface area (Å²) in [6.07, 6.45) is 2.63. The first-order chi connectivity index (χ1) is 9.55. The topological polar surface area (TPSA) is 49.4 Å². The molecule has 0 atom stereocenters. The van der Waals surface area contributed by atoms with Crippen molar-refractivity contribution in [1.82, 2.24) is 9.62 Å². The fourth-order valence-electron chi connectivity index (χ4n) is 2.66. The summed E-state index contributed by atoms with van der Waals surface area (Å²) in [7, 11) is -3.37. The van der Waals surface area contributed by atoms with Crippen LogP contribution in [0.5, 0.6) is 0 Å². The molecule has 21 heavy (non-hydrogen) atoms. The van der Waals surface area contributed by atoms with Crippen molar-refractivity contribution in [2.24, 2.45) is 0 Å². The van der Waals surface area contributed by atoms with Crippen molar-refractivity contribution in [3.63, 3.8) is 0 Å². The number of aryl methyl sites for hydroxylation is 1. The molecular weight excluding hydrogens is 308 g/mol. The molecule has 0 spiro atoms. The number of hydrogen-bond acceptors (Lipinski definition) is 3. The third kappa shape index (κ3) is 4.42. The highest BCUT2D eigenvalue weighted by Gasteiger charge is 2.31. The fourth-order valence-corrected chi connectivity index (χ4v) is 4.44. The maximum atomic E-state index is 12.8. The van der Waals surface area contributed by atoms with Crippen molar-refractivity contribution in [3.05, 3.63) is 29.8 Å². The molecule has 0 saturated carbocycles. The summed E-state index contributed by atoms with van der Waals surface area (Å²) in [5.74, 6) is 0. The first-order valence-electron chi connectivity index (χ1n) is 7.35. The van der Waals surface area contributed by atoms with Gasteiger partial charge in [-0.05, 0) is 51.4 Å². The summed E-state index contributed by atoms with van der Waals surface area (Å²) in [6, 6.07) is 7.28. The Bertz CT molecular complexity index is 525. The van der Waals surface area contributed by atoms with Gasteiger partial charge in [-0.3, -0.25) is 0 Å². The number of piperidine rings is 1. The van der Waals surface area contributed by atoms with Crippen LogP contribution in [-0.2, 0) is 10.0 Å². The van der Waals surface area contributed by atoms with E-state index >= 15 is 0 Å². The van der Waals surface area contributed by atoms with Crippen molar-refractivity contribution in [3.8, 4) is 0 Å². The second kappa shape index (κ2) is 8.13. The minimum absolute atomic E-state index is 0. The van der Waals surface area contributed by atoms with Crippen LogP contribution >= 0.6 is 12.4 Å². The summed E-state index contributed by atoms with van der Waals surface area (Å²) in [5, 5.41) is 3.29. The molecule has 1 fully saturated rings. The van der Waals surface area contributed by atoms with Gasteiger partial charge in [0.1, 0.15) is 0 Å². The Morgan fingerprint density at radius 1 is 1.19 bits per heavy atom. The molecule has 0 unspecified atom stereocenters. The van der Waals surface area contributed by atoms with Gasteiger partial charge in [-0.25, -0.2) is 8.42 Å². The van der Waals surface area contributed by atoms with E-state index in [0.717, 1.165) is 37.9 Å². The number of benzene rings is 1. The first-order valence-corrected chi connectivity index (χ1v) is 8.79. The predicted octanol–water partition coefficient (Wildman–Crippen LogP) is 2.57. The molecule has 0 aromatic heterocycles. The van der Waals surface area contributed by atoms with Gasteiger partial charge in [0.15, 0.2) is 0 Å². The van der Waals surface area contributed by atoms with Crippen LogP contribution in [0.15, 0.2) is 29.2 Å². The summed E-state index contributed by atoms with van der Waals surface area (Å²) in [5.41, 5.74) is 1.08. The maximum Gasteiger partial charge on any atom is 0.243 e. The molecule has 1 N–H and O–H groups in total. The van der Waals surface area contributed by atoms with Crippen molar-refractivity contribution in [2.75, 3.05) is 19.6 Å². The SMILES string of the molecule is CCCN(C1CCNCC1)S(=O)(=O)c1ccc(C)cc1.Cl. The van der Waals surface area contributed by atoms with Crippen LogP contribution in [0.4, 0.5) is 0 Å². The molecule has 0 radical (unpaired) electrons. The highest BCUT2D eigenvalue weighted by molar-refractivity contribution is 7.89. The number of nitrogens with zero attached hydrogens (tertiary/aromatic N) is 1. The number of halogens is 1. The second-order valence-electron chi connectivity index (χ2n) is 5.41. The summed E-state index contributed by atoms with van der Waals surface area (Å²) in [6.45, 7) is 6.38. The molecular formula is C15H25ClN2O2S. The zero-order valence-electron chi connectivity index (χ0n) is 12.7. The lowest BCUT2D eigenvalue weighted by Crippen LogP contribution is -2.46. The zero-order chi connectivity index (χ0) is 14.6. The van der Waals surface area contributed by atoms with Gasteiger partial charge in [0.05, 0.1) is 4.90 Å². The van der Waals surface area contributed by atoms with Crippen LogP contribution in [0.1, 0.15) is 31.7 Å². The van der Waals surface area contributed by atoms with Crippen LogP contribution in [0.2, 0.25) is 0 Å². The van der Waals surface area contributed by atoms with E-state index in [1.165, 1.54) is 0 Å². The van der Waals surface area contributed by atoms with Gasteiger partial charge in [-0.15, -0.1) is 12.4 Å². The van der Waals surface area contributed by atoms with Gasteiger partial charge in [-0.2, -0.15) is 4.31 Å². The van der Waals surface area contributed by atoms with Crippen molar-refractivity contribution < 1.29 is 8.42 Å². The number of sulfonamides is 1. The standard InChI is InChI=1S/C15H24N2O2S.ClH/c1-3-12-17(14-8-10-16-11-9-14)20(18,19)15-6-4-13(2)5-7-15;/h4-7,14,16H,3,8-12H2,1-2H3;1H. The van der Waals surface area contributed by atoms with E-state index in [-0.39, 0.29) is 18.4 Å². The van der Waals surface area contributed by atoms with Crippen LogP contribution in [0.25, 0.3) is 0 Å². The normalized spacial score (nSPS) is 16.7. The molecule has 2 rings (SSSR count). The molecule has 1 aromatic rings. The van der Waals surface area contributed by atoms with E-state index in [4.69, 9.17) is 0 Å². The minimum atomic E-state index is -3.37. The molecule has 6 heteroatoms. The van der Waals surface area contributed by atoms with Gasteiger partial charge in [0.2, 0.25) is 10.0 Å². The molecule has 0 amide bonds. The number of nitrogens with one attached hydrogen (secondary N) is 1. The van der Waals surface area contributed by atoms with E-state index in [0.29, 0.717) is 11.4 Å². The van der Waals surface area contributed by atoms with Gasteiger partial charge in [0.25, 0.3) is 0 Å². The molecule has 1 aliphatic rings. The minimum Gasteiger partial charge on any atom is -0.317 e. The molecule has 120 valence electrons. The molecule has 0 bridgehead atoms. The Balaban J connectivity index is 0.00000220. The Kier molecular flexibility index (Phi) is 7.13. The Morgan fingerprint density at radius 2 is 1.76 bits per heavy atom. The zero-order valence-corrected chi connectivity index (χ0v) is 14.3. The largest absolute Gasteiger partial charge is 0.317 e. The van der Waals surface area contributed by atoms with Gasteiger partial charge in [0, 0.05) is 12.6 Å². The number of rotatable bonds is 5. The number of hydrogen-bond donors (Lipinski definition) is 1. The second-order valence-corrected chi connectivity index (χ2v) is 7.30. The highest BCUT2D eigenvalue weighted by Crippen LogP contribution is 2.23. The van der Waals surface area contributed by atoms with E-state index in [9.17, 15) is 8.42 Å². The lowest BCUT2D eigenvalue weighted by molar-refractivity contribution is 0.262. The van der Waals surface area contributed by atoms with Gasteiger partial charge in [-0.1, -0.05) is 24.6 Å². The Morgan fingerprint density at radius 3 is 2.29 bits per heavy atom. The van der Waals surface area contributed by atoms with Crippen LogP contribution < -0.4 is 5.32 Å².